The van der Waals surface area contributed by atoms with Crippen LogP contribution in [0.5, 0.6) is 0 Å². The van der Waals surface area contributed by atoms with Crippen LogP contribution in [0.2, 0.25) is 0 Å². The molecule has 0 radical (unpaired) electrons. The maximum Gasteiger partial charge on any atom is 0.133 e. The summed E-state index contributed by atoms with van der Waals surface area (Å²) in [5.41, 5.74) is 1.25. The second kappa shape index (κ2) is 8.74. The molecule has 0 aliphatic carbocycles. The first-order valence-corrected chi connectivity index (χ1v) is 8.68. The molecule has 0 fully saturated rings. The summed E-state index contributed by atoms with van der Waals surface area (Å²) in [7, 11) is 2.15. The van der Waals surface area contributed by atoms with Crippen LogP contribution in [0.3, 0.4) is 0 Å². The van der Waals surface area contributed by atoms with Crippen molar-refractivity contribution in [2.75, 3.05) is 18.5 Å². The molecule has 1 N–H and O–H groups in total. The van der Waals surface area contributed by atoms with Crippen LogP contribution >= 0.6 is 15.9 Å². The van der Waals surface area contributed by atoms with Crippen molar-refractivity contribution in [2.24, 2.45) is 11.8 Å². The molecule has 0 bridgehead atoms. The summed E-state index contributed by atoms with van der Waals surface area (Å²) in [6.45, 7) is 13.1. The van der Waals surface area contributed by atoms with Gasteiger partial charge < -0.3 is 10.2 Å². The molecule has 21 heavy (non-hydrogen) atoms. The zero-order chi connectivity index (χ0) is 16.0. The molecule has 0 saturated heterocycles. The largest absolute Gasteiger partial charge is 0.357 e. The smallest absolute Gasteiger partial charge is 0.133 e. The second-order valence-corrected chi connectivity index (χ2v) is 7.67. The minimum atomic E-state index is 0.488. The lowest BCUT2D eigenvalue weighted by Gasteiger charge is -2.29. The molecule has 1 unspecified atom stereocenters. The van der Waals surface area contributed by atoms with Crippen LogP contribution in [0.4, 0.5) is 5.82 Å². The van der Waals surface area contributed by atoms with Gasteiger partial charge in [-0.2, -0.15) is 0 Å². The predicted octanol–water partition coefficient (Wildman–Crippen LogP) is 4.46. The quantitative estimate of drug-likeness (QED) is 0.745. The summed E-state index contributed by atoms with van der Waals surface area (Å²) in [6.07, 6.45) is 3.06. The van der Waals surface area contributed by atoms with Crippen molar-refractivity contribution in [2.45, 2.75) is 53.6 Å². The van der Waals surface area contributed by atoms with E-state index in [0.29, 0.717) is 17.9 Å². The number of nitrogens with zero attached hydrogens (tertiary/aromatic N) is 2. The SMILES string of the molecule is CC(C)CNCc1cc(Br)cnc1N(C)C(C)CC(C)C. The Bertz CT molecular complexity index is 432. The second-order valence-electron chi connectivity index (χ2n) is 6.75. The Balaban J connectivity index is 2.84. The topological polar surface area (TPSA) is 28.2 Å². The molecule has 0 aromatic carbocycles. The van der Waals surface area contributed by atoms with Gasteiger partial charge in [0.05, 0.1) is 0 Å². The van der Waals surface area contributed by atoms with Crippen molar-refractivity contribution in [3.05, 3.63) is 22.3 Å². The molecule has 1 aromatic rings. The molecule has 0 spiro atoms. The van der Waals surface area contributed by atoms with Gasteiger partial charge in [-0.25, -0.2) is 4.98 Å². The fraction of sp³-hybridized carbons (Fsp3) is 0.706. The molecule has 4 heteroatoms. The molecule has 0 saturated carbocycles. The highest BCUT2D eigenvalue weighted by Gasteiger charge is 2.16. The van der Waals surface area contributed by atoms with Gasteiger partial charge in [-0.1, -0.05) is 27.7 Å². The van der Waals surface area contributed by atoms with Gasteiger partial charge in [0.15, 0.2) is 0 Å². The maximum atomic E-state index is 4.64. The Morgan fingerprint density at radius 3 is 2.43 bits per heavy atom. The monoisotopic (exact) mass is 355 g/mol. The molecule has 0 amide bonds. The number of aromatic nitrogens is 1. The average Bonchev–Trinajstić information content (AvgIpc) is 2.37. The highest BCUT2D eigenvalue weighted by molar-refractivity contribution is 9.10. The predicted molar refractivity (Wildman–Crippen MR) is 95.8 cm³/mol. The number of pyridine rings is 1. The molecular weight excluding hydrogens is 326 g/mol. The molecule has 1 atom stereocenters. The van der Waals surface area contributed by atoms with Crippen molar-refractivity contribution in [1.29, 1.82) is 0 Å². The molecule has 1 heterocycles. The van der Waals surface area contributed by atoms with E-state index < -0.39 is 0 Å². The standard InChI is InChI=1S/C17H30BrN3/c1-12(2)7-14(5)21(6)17-15(8-16(18)11-20-17)10-19-9-13(3)4/h8,11-14,19H,7,9-10H2,1-6H3. The van der Waals surface area contributed by atoms with Crippen LogP contribution in [0.25, 0.3) is 0 Å². The number of hydrogen-bond donors (Lipinski definition) is 1. The third kappa shape index (κ3) is 6.35. The molecule has 0 aliphatic heterocycles. The number of hydrogen-bond acceptors (Lipinski definition) is 3. The van der Waals surface area contributed by atoms with Gasteiger partial charge in [-0.3, -0.25) is 0 Å². The number of rotatable bonds is 8. The molecule has 3 nitrogen and oxygen atoms in total. The van der Waals surface area contributed by atoms with Crippen LogP contribution in [0, 0.1) is 11.8 Å². The normalized spacial score (nSPS) is 13.0. The lowest BCUT2D eigenvalue weighted by molar-refractivity contribution is 0.499. The Morgan fingerprint density at radius 2 is 1.86 bits per heavy atom. The lowest BCUT2D eigenvalue weighted by atomic mass is 10.0. The zero-order valence-electron chi connectivity index (χ0n) is 14.3. The molecular formula is C17H30BrN3. The minimum absolute atomic E-state index is 0.488. The van der Waals surface area contributed by atoms with Crippen molar-refractivity contribution in [3.8, 4) is 0 Å². The first-order valence-electron chi connectivity index (χ1n) is 7.89. The van der Waals surface area contributed by atoms with Crippen LogP contribution in [0.1, 0.15) is 46.6 Å². The van der Waals surface area contributed by atoms with Crippen molar-refractivity contribution >= 4 is 21.7 Å². The van der Waals surface area contributed by atoms with Crippen LogP contribution < -0.4 is 10.2 Å². The summed E-state index contributed by atoms with van der Waals surface area (Å²) in [4.78, 5) is 6.95. The Hall–Kier alpha value is -0.610. The highest BCUT2D eigenvalue weighted by Crippen LogP contribution is 2.24. The van der Waals surface area contributed by atoms with Gasteiger partial charge in [-0.15, -0.1) is 0 Å². The third-order valence-corrected chi connectivity index (χ3v) is 4.02. The van der Waals surface area contributed by atoms with Gasteiger partial charge in [0.25, 0.3) is 0 Å². The first kappa shape index (κ1) is 18.4. The fourth-order valence-electron chi connectivity index (χ4n) is 2.47. The van der Waals surface area contributed by atoms with E-state index in [2.05, 4.69) is 78.9 Å². The number of anilines is 1. The van der Waals surface area contributed by atoms with Crippen molar-refractivity contribution < 1.29 is 0 Å². The zero-order valence-corrected chi connectivity index (χ0v) is 15.9. The van der Waals surface area contributed by atoms with Gasteiger partial charge >= 0.3 is 0 Å². The fourth-order valence-corrected chi connectivity index (χ4v) is 2.84. The van der Waals surface area contributed by atoms with Gasteiger partial charge in [-0.05, 0) is 53.7 Å². The van der Waals surface area contributed by atoms with E-state index in [-0.39, 0.29) is 0 Å². The number of nitrogens with one attached hydrogen (secondary N) is 1. The van der Waals surface area contributed by atoms with E-state index in [0.717, 1.165) is 23.4 Å². The lowest BCUT2D eigenvalue weighted by Crippen LogP contribution is -2.32. The van der Waals surface area contributed by atoms with Crippen LogP contribution in [-0.4, -0.2) is 24.6 Å². The minimum Gasteiger partial charge on any atom is -0.357 e. The molecule has 1 rings (SSSR count). The van der Waals surface area contributed by atoms with E-state index >= 15 is 0 Å². The van der Waals surface area contributed by atoms with E-state index in [1.54, 1.807) is 0 Å². The average molecular weight is 356 g/mol. The van der Waals surface area contributed by atoms with Gasteiger partial charge in [0.1, 0.15) is 5.82 Å². The Morgan fingerprint density at radius 1 is 1.19 bits per heavy atom. The Kier molecular flexibility index (Phi) is 7.67. The molecule has 1 aromatic heterocycles. The number of halogens is 1. The van der Waals surface area contributed by atoms with E-state index in [1.807, 2.05) is 6.20 Å². The summed E-state index contributed by atoms with van der Waals surface area (Å²) in [6, 6.07) is 2.66. The first-order chi connectivity index (χ1) is 9.81. The molecule has 120 valence electrons. The summed E-state index contributed by atoms with van der Waals surface area (Å²) in [5.74, 6) is 2.44. The van der Waals surface area contributed by atoms with Gasteiger partial charge in [0, 0.05) is 35.9 Å². The third-order valence-electron chi connectivity index (χ3n) is 3.59. The van der Waals surface area contributed by atoms with Gasteiger partial charge in [0.2, 0.25) is 0 Å². The summed E-state index contributed by atoms with van der Waals surface area (Å²) >= 11 is 3.53. The van der Waals surface area contributed by atoms with E-state index in [9.17, 15) is 0 Å². The van der Waals surface area contributed by atoms with Crippen LogP contribution in [-0.2, 0) is 6.54 Å². The summed E-state index contributed by atoms with van der Waals surface area (Å²) < 4.78 is 1.04. The van der Waals surface area contributed by atoms with E-state index in [4.69, 9.17) is 0 Å². The highest BCUT2D eigenvalue weighted by atomic mass is 79.9. The molecule has 0 aliphatic rings. The van der Waals surface area contributed by atoms with Crippen LogP contribution in [0.15, 0.2) is 16.7 Å². The maximum absolute atomic E-state index is 4.64. The summed E-state index contributed by atoms with van der Waals surface area (Å²) in [5, 5.41) is 3.52. The van der Waals surface area contributed by atoms with E-state index in [1.165, 1.54) is 12.0 Å². The van der Waals surface area contributed by atoms with Crippen molar-refractivity contribution in [3.63, 3.8) is 0 Å². The Labute approximate surface area is 138 Å². The van der Waals surface area contributed by atoms with Crippen molar-refractivity contribution in [1.82, 2.24) is 10.3 Å².